The van der Waals surface area contributed by atoms with E-state index in [1.807, 2.05) is 13.8 Å². The van der Waals surface area contributed by atoms with Crippen molar-refractivity contribution in [3.8, 4) is 0 Å². The summed E-state index contributed by atoms with van der Waals surface area (Å²) >= 11 is 0. The number of nitrogens with one attached hydrogen (secondary N) is 1. The SMILES string of the molecule is CC.CC(C)CC1C=CN(C2CC2)N1.CC(C)Cn1nc(C(F)F)cc1C(F)F. The fraction of sp³-hybridized carbons (Fsp3) is 0.762. The molecule has 3 rings (SSSR count). The van der Waals surface area contributed by atoms with Gasteiger partial charge in [-0.15, -0.1) is 0 Å². The quantitative estimate of drug-likeness (QED) is 0.523. The molecule has 0 bridgehead atoms. The van der Waals surface area contributed by atoms with Gasteiger partial charge in [-0.25, -0.2) is 23.0 Å². The van der Waals surface area contributed by atoms with Crippen molar-refractivity contribution in [1.82, 2.24) is 20.2 Å². The molecule has 1 saturated carbocycles. The predicted octanol–water partition coefficient (Wildman–Crippen LogP) is 6.34. The third-order valence-electron chi connectivity index (χ3n) is 4.27. The van der Waals surface area contributed by atoms with Crippen molar-refractivity contribution >= 4 is 0 Å². The molecule has 8 heteroatoms. The van der Waals surface area contributed by atoms with E-state index in [4.69, 9.17) is 0 Å². The van der Waals surface area contributed by atoms with E-state index in [-0.39, 0.29) is 12.5 Å². The highest BCUT2D eigenvalue weighted by Gasteiger charge is 2.30. The van der Waals surface area contributed by atoms with E-state index < -0.39 is 24.2 Å². The number of aromatic nitrogens is 2. The summed E-state index contributed by atoms with van der Waals surface area (Å²) in [5, 5.41) is 5.74. The van der Waals surface area contributed by atoms with Crippen LogP contribution in [0.2, 0.25) is 0 Å². The molecular formula is C21H36F4N4. The second kappa shape index (κ2) is 12.2. The summed E-state index contributed by atoms with van der Waals surface area (Å²) in [5.74, 6) is 0.860. The van der Waals surface area contributed by atoms with E-state index in [1.54, 1.807) is 13.8 Å². The molecule has 1 atom stereocenters. The minimum atomic E-state index is -2.81. The third-order valence-corrected chi connectivity index (χ3v) is 4.27. The van der Waals surface area contributed by atoms with Crippen LogP contribution in [0.5, 0.6) is 0 Å². The van der Waals surface area contributed by atoms with Crippen LogP contribution >= 0.6 is 0 Å². The maximum Gasteiger partial charge on any atom is 0.282 e. The molecule has 2 aliphatic rings. The lowest BCUT2D eigenvalue weighted by Crippen LogP contribution is -2.37. The monoisotopic (exact) mass is 420 g/mol. The molecule has 4 nitrogen and oxygen atoms in total. The molecule has 1 aromatic rings. The number of hydrazine groups is 1. The maximum atomic E-state index is 12.4. The molecule has 29 heavy (non-hydrogen) atoms. The molecule has 0 spiro atoms. The lowest BCUT2D eigenvalue weighted by atomic mass is 10.1. The van der Waals surface area contributed by atoms with Crippen molar-refractivity contribution < 1.29 is 17.6 Å². The third kappa shape index (κ3) is 8.76. The van der Waals surface area contributed by atoms with E-state index in [1.165, 1.54) is 19.3 Å². The smallest absolute Gasteiger partial charge is 0.282 e. The Bertz CT molecular complexity index is 610. The minimum Gasteiger partial charge on any atom is -0.312 e. The first-order chi connectivity index (χ1) is 13.7. The molecule has 2 heterocycles. The Morgan fingerprint density at radius 2 is 1.66 bits per heavy atom. The van der Waals surface area contributed by atoms with Gasteiger partial charge in [0.15, 0.2) is 0 Å². The minimum absolute atomic E-state index is 0.0768. The highest BCUT2D eigenvalue weighted by atomic mass is 19.3. The van der Waals surface area contributed by atoms with Gasteiger partial charge in [0.2, 0.25) is 0 Å². The van der Waals surface area contributed by atoms with Crippen LogP contribution in [-0.4, -0.2) is 26.9 Å². The molecule has 1 aliphatic carbocycles. The van der Waals surface area contributed by atoms with Crippen LogP contribution in [0.4, 0.5) is 17.6 Å². The van der Waals surface area contributed by atoms with Crippen LogP contribution in [0.15, 0.2) is 18.3 Å². The Morgan fingerprint density at radius 1 is 1.03 bits per heavy atom. The van der Waals surface area contributed by atoms with E-state index in [0.29, 0.717) is 6.04 Å². The van der Waals surface area contributed by atoms with Crippen molar-refractivity contribution in [3.05, 3.63) is 29.7 Å². The number of hydrogen-bond donors (Lipinski definition) is 1. The second-order valence-electron chi connectivity index (χ2n) is 8.02. The van der Waals surface area contributed by atoms with Crippen LogP contribution in [0, 0.1) is 11.8 Å². The maximum absolute atomic E-state index is 12.4. The lowest BCUT2D eigenvalue weighted by Gasteiger charge is -2.20. The van der Waals surface area contributed by atoms with Gasteiger partial charge >= 0.3 is 0 Å². The molecule has 0 radical (unpaired) electrons. The molecule has 0 aromatic carbocycles. The highest BCUT2D eigenvalue weighted by molar-refractivity contribution is 5.12. The normalized spacial score (nSPS) is 18.4. The summed E-state index contributed by atoms with van der Waals surface area (Å²) < 4.78 is 50.3. The van der Waals surface area contributed by atoms with E-state index >= 15 is 0 Å². The Balaban J connectivity index is 0.000000272. The van der Waals surface area contributed by atoms with Crippen LogP contribution in [-0.2, 0) is 6.54 Å². The first-order valence-electron chi connectivity index (χ1n) is 10.5. The van der Waals surface area contributed by atoms with Gasteiger partial charge in [0.1, 0.15) is 11.4 Å². The van der Waals surface area contributed by atoms with Gasteiger partial charge in [0.25, 0.3) is 12.9 Å². The van der Waals surface area contributed by atoms with E-state index in [0.717, 1.165) is 22.7 Å². The fourth-order valence-corrected chi connectivity index (χ4v) is 2.92. The molecule has 1 unspecified atom stereocenters. The summed E-state index contributed by atoms with van der Waals surface area (Å²) in [7, 11) is 0. The molecule has 1 fully saturated rings. The van der Waals surface area contributed by atoms with Gasteiger partial charge in [-0.3, -0.25) is 4.68 Å². The van der Waals surface area contributed by atoms with E-state index in [2.05, 4.69) is 41.7 Å². The fourth-order valence-electron chi connectivity index (χ4n) is 2.92. The molecule has 1 N–H and O–H groups in total. The van der Waals surface area contributed by atoms with Gasteiger partial charge in [-0.2, -0.15) is 5.10 Å². The number of nitrogens with zero attached hydrogens (tertiary/aromatic N) is 3. The second-order valence-corrected chi connectivity index (χ2v) is 8.02. The Morgan fingerprint density at radius 3 is 2.10 bits per heavy atom. The molecular weight excluding hydrogens is 384 g/mol. The molecule has 0 saturated heterocycles. The largest absolute Gasteiger partial charge is 0.312 e. The summed E-state index contributed by atoms with van der Waals surface area (Å²) in [6.45, 7) is 12.4. The molecule has 168 valence electrons. The van der Waals surface area contributed by atoms with Crippen molar-refractivity contribution in [1.29, 1.82) is 0 Å². The van der Waals surface area contributed by atoms with Gasteiger partial charge in [-0.1, -0.05) is 41.5 Å². The summed E-state index contributed by atoms with van der Waals surface area (Å²) in [5.41, 5.74) is 2.47. The van der Waals surface area contributed by atoms with E-state index in [9.17, 15) is 17.6 Å². The highest BCUT2D eigenvalue weighted by Crippen LogP contribution is 2.28. The van der Waals surface area contributed by atoms with Crippen LogP contribution in [0.25, 0.3) is 0 Å². The Hall–Kier alpha value is -1.57. The van der Waals surface area contributed by atoms with Crippen molar-refractivity contribution in [3.63, 3.8) is 0 Å². The van der Waals surface area contributed by atoms with Crippen LogP contribution in [0.1, 0.15) is 85.0 Å². The molecule has 1 aliphatic heterocycles. The zero-order chi connectivity index (χ0) is 22.1. The standard InChI is InChI=1S/C10H18N2.C9H12F4N2.C2H6/c1-8(2)7-9-5-6-12(11-9)10-3-4-10;1-5(2)4-15-7(9(12)13)3-6(14-15)8(10)11;1-2/h5-6,8-11H,3-4,7H2,1-2H3;3,5,8-9H,4H2,1-2H3;1-2H3. The van der Waals surface area contributed by atoms with Crippen molar-refractivity contribution in [2.45, 2.75) is 92.3 Å². The number of alkyl halides is 4. The summed E-state index contributed by atoms with van der Waals surface area (Å²) in [6.07, 6.45) is 2.90. The Labute approximate surface area is 172 Å². The zero-order valence-corrected chi connectivity index (χ0v) is 18.4. The number of halogens is 4. The van der Waals surface area contributed by atoms with Crippen molar-refractivity contribution in [2.75, 3.05) is 0 Å². The average molecular weight is 421 g/mol. The molecule has 0 amide bonds. The van der Waals surface area contributed by atoms with Crippen LogP contribution < -0.4 is 5.43 Å². The first-order valence-corrected chi connectivity index (χ1v) is 10.5. The Kier molecular flexibility index (Phi) is 10.7. The average Bonchev–Trinajstić information content (AvgIpc) is 3.23. The molecule has 1 aromatic heterocycles. The van der Waals surface area contributed by atoms with Gasteiger partial charge < -0.3 is 5.01 Å². The van der Waals surface area contributed by atoms with Crippen LogP contribution in [0.3, 0.4) is 0 Å². The lowest BCUT2D eigenvalue weighted by molar-refractivity contribution is 0.137. The predicted molar refractivity (Wildman–Crippen MR) is 109 cm³/mol. The van der Waals surface area contributed by atoms with Crippen molar-refractivity contribution in [2.24, 2.45) is 11.8 Å². The van der Waals surface area contributed by atoms with Gasteiger partial charge in [-0.05, 0) is 43.2 Å². The first kappa shape index (κ1) is 25.5. The number of rotatable bonds is 7. The van der Waals surface area contributed by atoms with Gasteiger partial charge in [0, 0.05) is 24.8 Å². The van der Waals surface area contributed by atoms with Gasteiger partial charge in [0.05, 0.1) is 0 Å². The topological polar surface area (TPSA) is 33.1 Å². The summed E-state index contributed by atoms with van der Waals surface area (Å²) in [4.78, 5) is 0. The summed E-state index contributed by atoms with van der Waals surface area (Å²) in [6, 6.07) is 2.15. The zero-order valence-electron chi connectivity index (χ0n) is 18.4. The number of hydrogen-bond acceptors (Lipinski definition) is 3.